The third kappa shape index (κ3) is 20.9. The van der Waals surface area contributed by atoms with E-state index in [-0.39, 0.29) is 0 Å². The molecule has 0 aliphatic rings. The van der Waals surface area contributed by atoms with Crippen molar-refractivity contribution in [3.8, 4) is 134 Å². The molecule has 0 nitrogen and oxygen atoms in total. The molecule has 0 spiro atoms. The highest BCUT2D eigenvalue weighted by Gasteiger charge is 2.12. The standard InChI is InChI=1S/6C19H16/c1-15-18(16-9-4-2-5-10-16)13-8-14-19(15)17-11-6-3-7-12-17;1-15-14-18(16-8-4-2-5-9-16)12-13-19(15)17-10-6-3-7-11-17;1-15-12-13-18(16-8-4-2-5-9-16)14-19(15)17-10-6-3-7-11-17;1-15-9-5-6-12-17(15)19-14-8-7-13-18(19)16-10-3-2-4-11-16;1-15-8-5-6-13-19(15)18-12-7-11-17(14-18)16-9-3-2-4-10-16;1-15-7-5-6-10-19(15)18-13-11-17(12-14-18)16-8-3-2-4-9-16/h6*2-14H,1H3. The van der Waals surface area contributed by atoms with Crippen molar-refractivity contribution in [2.75, 3.05) is 0 Å². The molecular weight excluding hydrogens is 1370 g/mol. The van der Waals surface area contributed by atoms with Gasteiger partial charge in [-0.3, -0.25) is 0 Å². The molecule has 0 heterocycles. The molecule has 0 fully saturated rings. The van der Waals surface area contributed by atoms with Crippen LogP contribution in [-0.4, -0.2) is 0 Å². The van der Waals surface area contributed by atoms with Gasteiger partial charge in [0.1, 0.15) is 0 Å². The van der Waals surface area contributed by atoms with Crippen LogP contribution in [0.1, 0.15) is 33.4 Å². The topological polar surface area (TPSA) is 0 Å². The zero-order valence-corrected chi connectivity index (χ0v) is 66.0. The molecule has 0 N–H and O–H groups in total. The molecule has 18 aromatic carbocycles. The number of hydrogen-bond donors (Lipinski definition) is 0. The van der Waals surface area contributed by atoms with Gasteiger partial charge in [-0.15, -0.1) is 0 Å². The first-order valence-electron chi connectivity index (χ1n) is 39.4. The highest BCUT2D eigenvalue weighted by molar-refractivity contribution is 5.86. The minimum atomic E-state index is 1.26. The van der Waals surface area contributed by atoms with Crippen molar-refractivity contribution >= 4 is 0 Å². The Morgan fingerprint density at radius 2 is 0.316 bits per heavy atom. The van der Waals surface area contributed by atoms with Gasteiger partial charge in [-0.2, -0.15) is 0 Å². The fourth-order valence-electron chi connectivity index (χ4n) is 14.5. The molecule has 552 valence electrons. The summed E-state index contributed by atoms with van der Waals surface area (Å²) in [6.07, 6.45) is 0. The van der Waals surface area contributed by atoms with Crippen molar-refractivity contribution in [1.82, 2.24) is 0 Å². The van der Waals surface area contributed by atoms with Crippen LogP contribution in [0.25, 0.3) is 134 Å². The van der Waals surface area contributed by atoms with Crippen molar-refractivity contribution in [3.05, 3.63) is 507 Å². The molecule has 0 amide bonds. The van der Waals surface area contributed by atoms with Crippen LogP contribution in [0.5, 0.6) is 0 Å². The predicted octanol–water partition coefficient (Wildman–Crippen LogP) is 32.0. The normalized spacial score (nSPS) is 10.4. The highest BCUT2D eigenvalue weighted by atomic mass is 14.2. The summed E-state index contributed by atoms with van der Waals surface area (Å²) in [5, 5.41) is 0. The van der Waals surface area contributed by atoms with Gasteiger partial charge in [-0.1, -0.05) is 461 Å². The molecule has 0 atom stereocenters. The fraction of sp³-hybridized carbons (Fsp3) is 0.0526. The molecule has 0 unspecified atom stereocenters. The summed E-state index contributed by atoms with van der Waals surface area (Å²) in [4.78, 5) is 0. The lowest BCUT2D eigenvalue weighted by Crippen LogP contribution is -1.87. The summed E-state index contributed by atoms with van der Waals surface area (Å²) in [7, 11) is 0. The van der Waals surface area contributed by atoms with E-state index in [2.05, 4.69) is 509 Å². The SMILES string of the molecule is Cc1c(-c2ccccc2)cccc1-c1ccccc1.Cc1cc(-c2ccccc2)ccc1-c1ccccc1.Cc1ccc(-c2ccccc2)cc1-c1ccccc1.Cc1ccccc1-c1ccc(-c2ccccc2)cc1.Cc1ccccc1-c1cccc(-c2ccccc2)c1.Cc1ccccc1-c1ccccc1-c1ccccc1. The van der Waals surface area contributed by atoms with Crippen molar-refractivity contribution in [1.29, 1.82) is 0 Å². The smallest absolute Gasteiger partial charge is 0.0103 e. The van der Waals surface area contributed by atoms with Crippen LogP contribution in [0.15, 0.2) is 473 Å². The van der Waals surface area contributed by atoms with Crippen LogP contribution in [0.3, 0.4) is 0 Å². The maximum Gasteiger partial charge on any atom is -0.0103 e. The Bertz CT molecular complexity index is 5850. The third-order valence-electron chi connectivity index (χ3n) is 20.7. The van der Waals surface area contributed by atoms with E-state index in [1.165, 1.54) is 167 Å². The Morgan fingerprint density at radius 3 is 0.728 bits per heavy atom. The Hall–Kier alpha value is -14.0. The van der Waals surface area contributed by atoms with Crippen LogP contribution in [-0.2, 0) is 0 Å². The second-order valence-electron chi connectivity index (χ2n) is 28.5. The van der Waals surface area contributed by atoms with E-state index >= 15 is 0 Å². The molecule has 0 radical (unpaired) electrons. The summed E-state index contributed by atoms with van der Waals surface area (Å²) >= 11 is 0. The molecule has 0 aliphatic heterocycles. The van der Waals surface area contributed by atoms with Gasteiger partial charge in [0.25, 0.3) is 0 Å². The van der Waals surface area contributed by atoms with Crippen LogP contribution in [0.2, 0.25) is 0 Å². The van der Waals surface area contributed by atoms with Crippen molar-refractivity contribution in [3.63, 3.8) is 0 Å². The zero-order valence-electron chi connectivity index (χ0n) is 66.0. The fourth-order valence-corrected chi connectivity index (χ4v) is 14.5. The summed E-state index contributed by atoms with van der Waals surface area (Å²) in [6, 6.07) is 166. The van der Waals surface area contributed by atoms with E-state index in [1.807, 2.05) is 6.07 Å². The lowest BCUT2D eigenvalue weighted by molar-refractivity contribution is 1.45. The quantitative estimate of drug-likeness (QED) is 0.114. The van der Waals surface area contributed by atoms with Gasteiger partial charge in [0, 0.05) is 0 Å². The number of aryl methyl sites for hydroxylation is 5. The highest BCUT2D eigenvalue weighted by Crippen LogP contribution is 2.37. The Morgan fingerprint density at radius 1 is 0.0965 bits per heavy atom. The van der Waals surface area contributed by atoms with Gasteiger partial charge >= 0.3 is 0 Å². The van der Waals surface area contributed by atoms with E-state index < -0.39 is 0 Å². The molecule has 0 saturated carbocycles. The second kappa shape index (κ2) is 40.1. The molecular formula is C114H96. The first kappa shape index (κ1) is 78.1. The second-order valence-corrected chi connectivity index (χ2v) is 28.5. The van der Waals surface area contributed by atoms with Gasteiger partial charge in [0.15, 0.2) is 0 Å². The van der Waals surface area contributed by atoms with E-state index in [4.69, 9.17) is 0 Å². The summed E-state index contributed by atoms with van der Waals surface area (Å²) < 4.78 is 0. The van der Waals surface area contributed by atoms with Crippen molar-refractivity contribution in [2.24, 2.45) is 0 Å². The number of rotatable bonds is 12. The minimum absolute atomic E-state index is 1.26. The van der Waals surface area contributed by atoms with Gasteiger partial charge in [0.2, 0.25) is 0 Å². The maximum absolute atomic E-state index is 2.28. The minimum Gasteiger partial charge on any atom is -0.0622 e. The molecule has 0 bridgehead atoms. The van der Waals surface area contributed by atoms with E-state index in [0.717, 1.165) is 0 Å². The Labute approximate surface area is 677 Å². The molecule has 114 heavy (non-hydrogen) atoms. The summed E-state index contributed by atoms with van der Waals surface area (Å²) in [5.41, 5.74) is 38.7. The maximum atomic E-state index is 2.28. The summed E-state index contributed by atoms with van der Waals surface area (Å²) in [6.45, 7) is 13.0. The number of hydrogen-bond acceptors (Lipinski definition) is 0. The largest absolute Gasteiger partial charge is 0.0622 e. The zero-order chi connectivity index (χ0) is 78.5. The summed E-state index contributed by atoms with van der Waals surface area (Å²) in [5.74, 6) is 0. The average Bonchev–Trinajstić information content (AvgIpc) is 0.848. The monoisotopic (exact) mass is 1460 g/mol. The predicted molar refractivity (Wildman–Crippen MR) is 492 cm³/mol. The first-order valence-corrected chi connectivity index (χ1v) is 39.4. The van der Waals surface area contributed by atoms with Gasteiger partial charge in [0.05, 0.1) is 0 Å². The van der Waals surface area contributed by atoms with Crippen LogP contribution in [0.4, 0.5) is 0 Å². The Kier molecular flexibility index (Phi) is 27.4. The molecule has 0 saturated heterocycles. The van der Waals surface area contributed by atoms with Crippen molar-refractivity contribution in [2.45, 2.75) is 41.5 Å². The Balaban J connectivity index is 0.000000119. The molecule has 18 aromatic rings. The van der Waals surface area contributed by atoms with Crippen LogP contribution < -0.4 is 0 Å². The molecule has 0 aliphatic carbocycles. The molecule has 0 aromatic heterocycles. The van der Waals surface area contributed by atoms with Gasteiger partial charge in [-0.25, -0.2) is 0 Å². The van der Waals surface area contributed by atoms with Gasteiger partial charge < -0.3 is 0 Å². The van der Waals surface area contributed by atoms with Crippen LogP contribution in [0, 0.1) is 41.5 Å². The average molecular weight is 1470 g/mol. The van der Waals surface area contributed by atoms with E-state index in [9.17, 15) is 0 Å². The van der Waals surface area contributed by atoms with E-state index in [1.54, 1.807) is 0 Å². The van der Waals surface area contributed by atoms with Gasteiger partial charge in [-0.05, 0) is 221 Å². The van der Waals surface area contributed by atoms with E-state index in [0.29, 0.717) is 0 Å². The lowest BCUT2D eigenvalue weighted by atomic mass is 9.92. The number of benzene rings is 18. The van der Waals surface area contributed by atoms with Crippen molar-refractivity contribution < 1.29 is 0 Å². The first-order chi connectivity index (χ1) is 56.1. The molecule has 0 heteroatoms. The third-order valence-corrected chi connectivity index (χ3v) is 20.7. The van der Waals surface area contributed by atoms with Crippen LogP contribution >= 0.6 is 0 Å². The lowest BCUT2D eigenvalue weighted by Gasteiger charge is -2.12. The molecule has 18 rings (SSSR count).